The van der Waals surface area contributed by atoms with Gasteiger partial charge in [-0.05, 0) is 71.9 Å². The van der Waals surface area contributed by atoms with Crippen LogP contribution in [0.25, 0.3) is 11.1 Å². The smallest absolute Gasteiger partial charge is 0.299 e. The lowest BCUT2D eigenvalue weighted by atomic mass is 9.88. The Morgan fingerprint density at radius 2 is 1.26 bits per heavy atom. The summed E-state index contributed by atoms with van der Waals surface area (Å²) in [5, 5.41) is 0. The third-order valence-corrected chi connectivity index (χ3v) is 6.74. The predicted octanol–water partition coefficient (Wildman–Crippen LogP) is 9.77. The van der Waals surface area contributed by atoms with Crippen LogP contribution in [0.2, 0.25) is 0 Å². The van der Waals surface area contributed by atoms with E-state index in [4.69, 9.17) is 0 Å². The second-order valence-electron chi connectivity index (χ2n) is 9.75. The molecule has 0 heterocycles. The van der Waals surface area contributed by atoms with Crippen molar-refractivity contribution in [1.82, 2.24) is 0 Å². The minimum Gasteiger partial charge on any atom is -0.348 e. The Kier molecular flexibility index (Phi) is 14.5. The highest BCUT2D eigenvalue weighted by Crippen LogP contribution is 2.32. The van der Waals surface area contributed by atoms with Gasteiger partial charge in [0.15, 0.2) is 0 Å². The molecule has 0 fully saturated rings. The number of unbranched alkanes of at least 4 members (excludes halogenated alkanes) is 8. The van der Waals surface area contributed by atoms with E-state index in [9.17, 15) is 5.53 Å². The van der Waals surface area contributed by atoms with Gasteiger partial charge in [0.1, 0.15) is 0 Å². The Bertz CT molecular complexity index is 988. The Balaban J connectivity index is 2.49. The minimum absolute atomic E-state index is 0.962. The summed E-state index contributed by atoms with van der Waals surface area (Å²) in [5.74, 6) is 2.73. The van der Waals surface area contributed by atoms with Gasteiger partial charge in [0.25, 0.3) is 5.87 Å². The van der Waals surface area contributed by atoms with Crippen molar-refractivity contribution in [2.45, 2.75) is 111 Å². The van der Waals surface area contributed by atoms with E-state index in [-0.39, 0.29) is 0 Å². The Morgan fingerprint density at radius 3 is 1.86 bits per heavy atom. The van der Waals surface area contributed by atoms with Crippen molar-refractivity contribution in [1.29, 1.82) is 0 Å². The third-order valence-electron chi connectivity index (χ3n) is 6.74. The molecular weight excluding hydrogens is 424 g/mol. The van der Waals surface area contributed by atoms with Crippen LogP contribution < -0.4 is 0 Å². The van der Waals surface area contributed by atoms with Gasteiger partial charge in [-0.3, -0.25) is 0 Å². The van der Waals surface area contributed by atoms with Gasteiger partial charge in [0.2, 0.25) is 0 Å². The summed E-state index contributed by atoms with van der Waals surface area (Å²) in [5.41, 5.74) is 16.9. The van der Waals surface area contributed by atoms with Crippen LogP contribution in [0.3, 0.4) is 0 Å². The summed E-state index contributed by atoms with van der Waals surface area (Å²) in [6.45, 7) is 6.76. The third kappa shape index (κ3) is 10.6. The summed E-state index contributed by atoms with van der Waals surface area (Å²) < 4.78 is 0. The zero-order valence-corrected chi connectivity index (χ0v) is 22.5. The predicted molar refractivity (Wildman–Crippen MR) is 152 cm³/mol. The van der Waals surface area contributed by atoms with Gasteiger partial charge in [0, 0.05) is 0 Å². The van der Waals surface area contributed by atoms with Crippen molar-refractivity contribution < 1.29 is 4.79 Å². The van der Waals surface area contributed by atoms with Crippen molar-refractivity contribution in [3.05, 3.63) is 88.0 Å². The van der Waals surface area contributed by atoms with Crippen molar-refractivity contribution >= 4 is 11.4 Å². The molecule has 0 aliphatic heterocycles. The molecule has 0 saturated carbocycles. The highest BCUT2D eigenvalue weighted by Gasteiger charge is 2.13. The molecule has 0 bridgehead atoms. The maximum atomic E-state index is 9.17. The molecule has 0 aliphatic carbocycles. The number of nitrogens with zero attached hydrogens (tertiary/aromatic N) is 2. The Morgan fingerprint density at radius 1 is 0.714 bits per heavy atom. The van der Waals surface area contributed by atoms with Gasteiger partial charge in [0.05, 0.1) is 6.08 Å². The highest BCUT2D eigenvalue weighted by molar-refractivity contribution is 5.85. The lowest BCUT2D eigenvalue weighted by molar-refractivity contribution is 0.00800. The zero-order chi connectivity index (χ0) is 25.1. The topological polar surface area (TPSA) is 36.4 Å². The molecule has 35 heavy (non-hydrogen) atoms. The average molecular weight is 471 g/mol. The van der Waals surface area contributed by atoms with Crippen molar-refractivity contribution in [2.75, 3.05) is 0 Å². The summed E-state index contributed by atoms with van der Waals surface area (Å²) in [7, 11) is 0. The fourth-order valence-corrected chi connectivity index (χ4v) is 4.73. The van der Waals surface area contributed by atoms with Crippen LogP contribution >= 0.6 is 0 Å². The minimum atomic E-state index is 0.962. The summed E-state index contributed by atoms with van der Waals surface area (Å²) >= 11 is 0. The van der Waals surface area contributed by atoms with Gasteiger partial charge in [-0.15, -0.1) is 4.79 Å². The monoisotopic (exact) mass is 470 g/mol. The van der Waals surface area contributed by atoms with Gasteiger partial charge < -0.3 is 5.53 Å². The number of hydrogen-bond donors (Lipinski definition) is 0. The summed E-state index contributed by atoms with van der Waals surface area (Å²) in [4.78, 5) is 3.20. The Labute approximate surface area is 214 Å². The molecule has 0 spiro atoms. The first-order valence-corrected chi connectivity index (χ1v) is 14.1. The molecule has 0 atom stereocenters. The molecule has 0 unspecified atom stereocenters. The van der Waals surface area contributed by atoms with Crippen molar-refractivity contribution in [3.8, 4) is 0 Å². The number of benzene rings is 2. The van der Waals surface area contributed by atoms with E-state index in [1.54, 1.807) is 0 Å². The first-order chi connectivity index (χ1) is 17.2. The van der Waals surface area contributed by atoms with Crippen LogP contribution in [0.5, 0.6) is 0 Å². The van der Waals surface area contributed by atoms with Crippen molar-refractivity contribution in [2.24, 2.45) is 0 Å². The molecule has 0 radical (unpaired) electrons. The molecule has 2 heteroatoms. The van der Waals surface area contributed by atoms with E-state index >= 15 is 0 Å². The van der Waals surface area contributed by atoms with Crippen molar-refractivity contribution in [3.63, 3.8) is 0 Å². The van der Waals surface area contributed by atoms with Crippen LogP contribution in [0, 0.1) is 0 Å². The summed E-state index contributed by atoms with van der Waals surface area (Å²) in [6.07, 6.45) is 18.8. The first kappa shape index (κ1) is 28.6. The van der Waals surface area contributed by atoms with Gasteiger partial charge >= 0.3 is 0 Å². The van der Waals surface area contributed by atoms with Crippen LogP contribution in [0.1, 0.15) is 120 Å². The fraction of sp³-hybridized carbons (Fsp3) is 0.515. The molecule has 0 aliphatic rings. The van der Waals surface area contributed by atoms with Gasteiger partial charge in [-0.2, -0.15) is 0 Å². The van der Waals surface area contributed by atoms with E-state index in [1.165, 1.54) is 97.6 Å². The highest BCUT2D eigenvalue weighted by atomic mass is 14.8. The second-order valence-corrected chi connectivity index (χ2v) is 9.75. The van der Waals surface area contributed by atoms with Crippen LogP contribution in [-0.2, 0) is 12.8 Å². The summed E-state index contributed by atoms with van der Waals surface area (Å²) in [6, 6.07) is 18.1. The maximum absolute atomic E-state index is 9.17. The standard InChI is InChI=1S/C33H46N2/c1-4-7-10-11-12-14-21-30(24-25-35-34)33(31-22-15-19-28(26-31)17-9-6-3)32-23-16-20-29(27-32)18-13-8-5-2/h15-16,19-20,22-24,26-27H,4-14,17-18,21H2,1-3H3. The van der Waals surface area contributed by atoms with E-state index < -0.39 is 0 Å². The SMILES string of the molecule is CCCCCCCCC(C=C=[N+]=[N-])=C(c1cccc(CCCC)c1)c1cccc(CCCCC)c1. The van der Waals surface area contributed by atoms with Crippen LogP contribution in [-0.4, -0.2) is 10.7 Å². The quantitative estimate of drug-likeness (QED) is 0.0725. The van der Waals surface area contributed by atoms with Crippen LogP contribution in [0.15, 0.2) is 60.2 Å². The normalized spacial score (nSPS) is 11.5. The first-order valence-electron chi connectivity index (χ1n) is 14.1. The number of rotatable bonds is 17. The zero-order valence-electron chi connectivity index (χ0n) is 22.5. The molecule has 2 nitrogen and oxygen atoms in total. The number of allylic oxidation sites excluding steroid dienone is 2. The molecule has 0 amide bonds. The average Bonchev–Trinajstić information content (AvgIpc) is 2.88. The largest absolute Gasteiger partial charge is 0.348 e. The number of aryl methyl sites for hydroxylation is 2. The lowest BCUT2D eigenvalue weighted by Crippen LogP contribution is -1.98. The van der Waals surface area contributed by atoms with E-state index in [1.807, 2.05) is 6.08 Å². The molecule has 188 valence electrons. The molecular formula is C33H46N2. The molecule has 2 aromatic rings. The Hall–Kier alpha value is -2.66. The van der Waals surface area contributed by atoms with E-state index in [0.29, 0.717) is 0 Å². The van der Waals surface area contributed by atoms with E-state index in [0.717, 1.165) is 25.7 Å². The van der Waals surface area contributed by atoms with Gasteiger partial charge in [-0.25, -0.2) is 0 Å². The molecule has 2 rings (SSSR count). The van der Waals surface area contributed by atoms with Crippen LogP contribution in [0.4, 0.5) is 0 Å². The molecule has 0 N–H and O–H groups in total. The second kappa shape index (κ2) is 17.7. The van der Waals surface area contributed by atoms with Gasteiger partial charge in [-0.1, -0.05) is 121 Å². The fourth-order valence-electron chi connectivity index (χ4n) is 4.73. The van der Waals surface area contributed by atoms with E-state index in [2.05, 4.69) is 80.0 Å². The molecule has 0 saturated heterocycles. The lowest BCUT2D eigenvalue weighted by Gasteiger charge is -2.16. The molecule has 2 aromatic carbocycles. The molecule has 0 aromatic heterocycles. The maximum Gasteiger partial charge on any atom is 0.299 e. The number of hydrogen-bond acceptors (Lipinski definition) is 0.